The summed E-state index contributed by atoms with van der Waals surface area (Å²) in [5.41, 5.74) is 22.7. The van der Waals surface area contributed by atoms with Crippen molar-refractivity contribution >= 4 is 46.1 Å². The van der Waals surface area contributed by atoms with Crippen LogP contribution in [0.5, 0.6) is 0 Å². The Balaban J connectivity index is 1.12. The molecule has 2 atom stereocenters. The highest BCUT2D eigenvalue weighted by molar-refractivity contribution is 6.10. The highest BCUT2D eigenvalue weighted by Gasteiger charge is 2.41. The van der Waals surface area contributed by atoms with E-state index in [0.29, 0.717) is 24.5 Å². The maximum atomic E-state index is 8.11. The monoisotopic (exact) mass is 691 g/mol. The standard InChI is InChI=1S/C46H41N7/c47-36(31-50-39(33-16-5-2-6-17-33)28-25-32-14-3-1-4-15-32)19-11-12-29-52-42-23-10-8-20-37(42)38-27-26-35-30-34-18-7-9-22-41(34)53(44(35)45(38)52)43-24-13-21-40(51-43)46(48)49/h1-28,35,44H,29-31,47H2,(H3,48,49)/b12-11-,28-25+,36-19-,50-39+. The third kappa shape index (κ3) is 6.85. The lowest BCUT2D eigenvalue weighted by atomic mass is 9.79. The topological polar surface area (TPSA) is 109 Å². The van der Waals surface area contributed by atoms with Gasteiger partial charge in [-0.15, -0.1) is 0 Å². The van der Waals surface area contributed by atoms with Crippen LogP contribution in [0.15, 0.2) is 168 Å². The van der Waals surface area contributed by atoms with Crippen molar-refractivity contribution in [2.24, 2.45) is 22.4 Å². The van der Waals surface area contributed by atoms with Crippen LogP contribution in [0.2, 0.25) is 0 Å². The molecule has 3 heterocycles. The zero-order chi connectivity index (χ0) is 36.1. The number of nitrogens with two attached hydrogens (primary N) is 2. The Bertz CT molecular complexity index is 2430. The van der Waals surface area contributed by atoms with Gasteiger partial charge in [0.15, 0.2) is 0 Å². The lowest BCUT2D eigenvalue weighted by Crippen LogP contribution is -2.38. The van der Waals surface area contributed by atoms with Crippen LogP contribution in [-0.2, 0) is 13.0 Å². The second kappa shape index (κ2) is 14.9. The van der Waals surface area contributed by atoms with Crippen LogP contribution in [0.4, 0.5) is 11.5 Å². The molecule has 8 rings (SSSR count). The van der Waals surface area contributed by atoms with Crippen LogP contribution in [-0.4, -0.2) is 27.6 Å². The average molecular weight is 692 g/mol. The fraction of sp³-hybridized carbons (Fsp3) is 0.109. The van der Waals surface area contributed by atoms with E-state index in [0.717, 1.165) is 34.8 Å². The minimum Gasteiger partial charge on any atom is -0.401 e. The molecule has 6 aromatic rings. The predicted octanol–water partition coefficient (Wildman–Crippen LogP) is 9.00. The summed E-state index contributed by atoms with van der Waals surface area (Å²) in [7, 11) is 0. The molecule has 1 aliphatic carbocycles. The van der Waals surface area contributed by atoms with E-state index in [4.69, 9.17) is 26.9 Å². The van der Waals surface area contributed by atoms with E-state index in [1.807, 2.05) is 60.7 Å². The van der Waals surface area contributed by atoms with Gasteiger partial charge in [0.05, 0.1) is 24.0 Å². The summed E-state index contributed by atoms with van der Waals surface area (Å²) in [6.45, 7) is 1.04. The molecule has 5 N–H and O–H groups in total. The molecule has 4 aromatic carbocycles. The molecule has 1 aliphatic heterocycles. The fourth-order valence-corrected chi connectivity index (χ4v) is 7.53. The summed E-state index contributed by atoms with van der Waals surface area (Å²) in [5.74, 6) is 0.948. The third-order valence-corrected chi connectivity index (χ3v) is 9.96. The SMILES string of the molecule is N=C(N)c1cccc(N2c3ccccc3CC3C=Cc4c(n(C/C=C\C=C(/N)C/N=C(\C=C\c5ccccc5)c5ccccc5)c5ccccc45)C32)n1. The molecule has 2 unspecified atom stereocenters. The van der Waals surface area contributed by atoms with Gasteiger partial charge in [0.25, 0.3) is 0 Å². The number of pyridine rings is 1. The van der Waals surface area contributed by atoms with E-state index in [9.17, 15) is 0 Å². The largest absolute Gasteiger partial charge is 0.401 e. The molecule has 0 bridgehead atoms. The number of aromatic nitrogens is 2. The molecule has 260 valence electrons. The summed E-state index contributed by atoms with van der Waals surface area (Å²) in [6, 6.07) is 43.4. The van der Waals surface area contributed by atoms with E-state index in [2.05, 4.69) is 113 Å². The van der Waals surface area contributed by atoms with Crippen LogP contribution in [0, 0.1) is 11.3 Å². The Kier molecular flexibility index (Phi) is 9.37. The van der Waals surface area contributed by atoms with Crippen molar-refractivity contribution in [2.45, 2.75) is 19.0 Å². The summed E-state index contributed by atoms with van der Waals surface area (Å²) in [4.78, 5) is 12.2. The van der Waals surface area contributed by atoms with Crippen molar-refractivity contribution < 1.29 is 0 Å². The van der Waals surface area contributed by atoms with Crippen LogP contribution in [0.25, 0.3) is 23.1 Å². The molecule has 0 saturated carbocycles. The Morgan fingerprint density at radius 2 is 1.60 bits per heavy atom. The van der Waals surface area contributed by atoms with Gasteiger partial charge in [-0.3, -0.25) is 10.4 Å². The summed E-state index contributed by atoms with van der Waals surface area (Å²) in [5, 5.41) is 9.33. The lowest BCUT2D eigenvalue weighted by Gasteiger charge is -2.44. The first-order chi connectivity index (χ1) is 26.0. The van der Waals surface area contributed by atoms with Gasteiger partial charge in [0.2, 0.25) is 0 Å². The van der Waals surface area contributed by atoms with Crippen molar-refractivity contribution in [3.05, 3.63) is 197 Å². The van der Waals surface area contributed by atoms with Crippen molar-refractivity contribution in [2.75, 3.05) is 11.4 Å². The number of amidine groups is 1. The van der Waals surface area contributed by atoms with Gasteiger partial charge in [-0.2, -0.15) is 0 Å². The van der Waals surface area contributed by atoms with Gasteiger partial charge in [-0.25, -0.2) is 4.98 Å². The molecule has 7 nitrogen and oxygen atoms in total. The smallest absolute Gasteiger partial charge is 0.141 e. The molecule has 0 fully saturated rings. The van der Waals surface area contributed by atoms with Crippen molar-refractivity contribution in [3.63, 3.8) is 0 Å². The van der Waals surface area contributed by atoms with E-state index in [1.54, 1.807) is 6.07 Å². The maximum Gasteiger partial charge on any atom is 0.141 e. The fourth-order valence-electron chi connectivity index (χ4n) is 7.53. The lowest BCUT2D eigenvalue weighted by molar-refractivity contribution is 0.458. The minimum atomic E-state index is -0.0462. The summed E-state index contributed by atoms with van der Waals surface area (Å²) < 4.78 is 2.43. The normalized spacial score (nSPS) is 16.9. The van der Waals surface area contributed by atoms with Gasteiger partial charge >= 0.3 is 0 Å². The molecule has 2 aliphatic rings. The number of nitrogen functional groups attached to an aromatic ring is 1. The van der Waals surface area contributed by atoms with Crippen LogP contribution < -0.4 is 16.4 Å². The molecule has 0 spiro atoms. The zero-order valence-electron chi connectivity index (χ0n) is 29.4. The number of benzene rings is 4. The number of allylic oxidation sites excluding steroid dienone is 4. The average Bonchev–Trinajstić information content (AvgIpc) is 3.52. The molecular weight excluding hydrogens is 651 g/mol. The van der Waals surface area contributed by atoms with Crippen molar-refractivity contribution in [1.29, 1.82) is 5.41 Å². The number of nitrogens with zero attached hydrogens (tertiary/aromatic N) is 4. The first kappa shape index (κ1) is 33.4. The van der Waals surface area contributed by atoms with Crippen molar-refractivity contribution in [1.82, 2.24) is 9.55 Å². The number of fused-ring (bicyclic) bond motifs is 6. The first-order valence-corrected chi connectivity index (χ1v) is 18.0. The Labute approximate surface area is 310 Å². The number of anilines is 2. The quantitative estimate of drug-likeness (QED) is 0.0757. The maximum absolute atomic E-state index is 8.11. The van der Waals surface area contributed by atoms with Gasteiger partial charge in [0, 0.05) is 40.3 Å². The van der Waals surface area contributed by atoms with Crippen LogP contribution in [0.3, 0.4) is 0 Å². The Morgan fingerprint density at radius 3 is 2.43 bits per heavy atom. The number of para-hydroxylation sites is 2. The van der Waals surface area contributed by atoms with E-state index >= 15 is 0 Å². The number of rotatable bonds is 10. The van der Waals surface area contributed by atoms with Gasteiger partial charge in [0.1, 0.15) is 17.3 Å². The molecule has 7 heteroatoms. The van der Waals surface area contributed by atoms with Crippen molar-refractivity contribution in [3.8, 4) is 0 Å². The molecule has 53 heavy (non-hydrogen) atoms. The zero-order valence-corrected chi connectivity index (χ0v) is 29.4. The van der Waals surface area contributed by atoms with Crippen LogP contribution >= 0.6 is 0 Å². The molecular formula is C46H41N7. The first-order valence-electron chi connectivity index (χ1n) is 18.0. The highest BCUT2D eigenvalue weighted by atomic mass is 15.3. The Morgan fingerprint density at radius 1 is 0.849 bits per heavy atom. The minimum absolute atomic E-state index is 0.0179. The van der Waals surface area contributed by atoms with E-state index in [-0.39, 0.29) is 17.8 Å². The van der Waals surface area contributed by atoms with E-state index < -0.39 is 0 Å². The highest BCUT2D eigenvalue weighted by Crippen LogP contribution is 2.51. The third-order valence-electron chi connectivity index (χ3n) is 9.96. The van der Waals surface area contributed by atoms with Gasteiger partial charge in [-0.1, -0.05) is 134 Å². The Hall–Kier alpha value is -6.73. The number of aliphatic imine (C=N–C) groups is 1. The second-order valence-electron chi connectivity index (χ2n) is 13.4. The van der Waals surface area contributed by atoms with Crippen LogP contribution in [0.1, 0.15) is 39.7 Å². The van der Waals surface area contributed by atoms with E-state index in [1.165, 1.54) is 27.7 Å². The molecule has 0 radical (unpaired) electrons. The summed E-state index contributed by atoms with van der Waals surface area (Å²) in [6.07, 6.45) is 15.9. The van der Waals surface area contributed by atoms with Gasteiger partial charge < -0.3 is 20.9 Å². The molecule has 0 saturated heterocycles. The van der Waals surface area contributed by atoms with Gasteiger partial charge in [-0.05, 0) is 59.5 Å². The number of nitrogens with one attached hydrogen (secondary N) is 1. The predicted molar refractivity (Wildman–Crippen MR) is 219 cm³/mol. The molecule has 2 aromatic heterocycles. The number of hydrogen-bond acceptors (Lipinski definition) is 5. The second-order valence-corrected chi connectivity index (χ2v) is 13.4. The molecule has 0 amide bonds. The number of hydrogen-bond donors (Lipinski definition) is 3. The summed E-state index contributed by atoms with van der Waals surface area (Å²) >= 11 is 0.